The van der Waals surface area contributed by atoms with E-state index >= 15 is 0 Å². The van der Waals surface area contributed by atoms with Crippen LogP contribution >= 0.6 is 11.6 Å². The highest BCUT2D eigenvalue weighted by Crippen LogP contribution is 2.22. The fourth-order valence-electron chi connectivity index (χ4n) is 2.06. The van der Waals surface area contributed by atoms with E-state index in [2.05, 4.69) is 15.3 Å². The van der Waals surface area contributed by atoms with Crippen LogP contribution in [0.25, 0.3) is 10.8 Å². The summed E-state index contributed by atoms with van der Waals surface area (Å²) >= 11 is 6.13. The summed E-state index contributed by atoms with van der Waals surface area (Å²) in [5, 5.41) is 4.76. The molecule has 1 amide bonds. The number of nitrogens with one attached hydrogen (secondary N) is 1. The number of benzene rings is 1. The van der Waals surface area contributed by atoms with E-state index in [0.717, 1.165) is 16.3 Å². The average molecular weight is 298 g/mol. The van der Waals surface area contributed by atoms with Crippen LogP contribution in [-0.2, 0) is 0 Å². The molecule has 1 N–H and O–H groups in total. The zero-order chi connectivity index (χ0) is 14.8. The summed E-state index contributed by atoms with van der Waals surface area (Å²) in [5.74, 6) is 0.193. The molecule has 3 rings (SSSR count). The van der Waals surface area contributed by atoms with Gasteiger partial charge in [-0.3, -0.25) is 4.79 Å². The molecule has 0 aliphatic carbocycles. The van der Waals surface area contributed by atoms with Crippen LogP contribution in [0.1, 0.15) is 16.1 Å². The van der Waals surface area contributed by atoms with Gasteiger partial charge in [-0.1, -0.05) is 41.9 Å². The number of pyridine rings is 2. The summed E-state index contributed by atoms with van der Waals surface area (Å²) in [4.78, 5) is 20.6. The third-order valence-corrected chi connectivity index (χ3v) is 3.46. The van der Waals surface area contributed by atoms with Crippen molar-refractivity contribution >= 4 is 34.1 Å². The lowest BCUT2D eigenvalue weighted by molar-refractivity contribution is 0.102. The molecule has 0 fully saturated rings. The fourth-order valence-corrected chi connectivity index (χ4v) is 2.32. The molecule has 0 saturated carbocycles. The first-order chi connectivity index (χ1) is 10.1. The van der Waals surface area contributed by atoms with E-state index < -0.39 is 0 Å². The topological polar surface area (TPSA) is 54.9 Å². The van der Waals surface area contributed by atoms with Crippen molar-refractivity contribution in [2.45, 2.75) is 6.92 Å². The van der Waals surface area contributed by atoms with Crippen LogP contribution < -0.4 is 5.32 Å². The van der Waals surface area contributed by atoms with Gasteiger partial charge in [0.05, 0.1) is 0 Å². The molecule has 0 spiro atoms. The van der Waals surface area contributed by atoms with Crippen molar-refractivity contribution in [2.75, 3.05) is 5.32 Å². The Bertz CT molecular complexity index is 833. The summed E-state index contributed by atoms with van der Waals surface area (Å²) < 4.78 is 0. The molecule has 1 aromatic carbocycles. The largest absolute Gasteiger partial charge is 0.305 e. The summed E-state index contributed by atoms with van der Waals surface area (Å²) in [5.41, 5.74) is 1.15. The summed E-state index contributed by atoms with van der Waals surface area (Å²) in [6.07, 6.45) is 1.63. The predicted molar refractivity (Wildman–Crippen MR) is 83.7 cm³/mol. The van der Waals surface area contributed by atoms with Crippen LogP contribution in [0.2, 0.25) is 5.15 Å². The van der Waals surface area contributed by atoms with Crippen LogP contribution in [0.3, 0.4) is 0 Å². The highest BCUT2D eigenvalue weighted by atomic mass is 35.5. The second-order valence-corrected chi connectivity index (χ2v) is 5.00. The van der Waals surface area contributed by atoms with E-state index in [1.54, 1.807) is 12.3 Å². The highest BCUT2D eigenvalue weighted by Gasteiger charge is 2.12. The minimum atomic E-state index is -0.329. The molecule has 3 aromatic rings. The zero-order valence-corrected chi connectivity index (χ0v) is 12.1. The Labute approximate surface area is 126 Å². The third kappa shape index (κ3) is 2.71. The van der Waals surface area contributed by atoms with E-state index in [-0.39, 0.29) is 11.6 Å². The third-order valence-electron chi connectivity index (χ3n) is 3.17. The van der Waals surface area contributed by atoms with E-state index in [9.17, 15) is 4.79 Å². The first kappa shape index (κ1) is 13.5. The zero-order valence-electron chi connectivity index (χ0n) is 11.3. The molecule has 0 aliphatic rings. The van der Waals surface area contributed by atoms with Crippen molar-refractivity contribution in [3.05, 3.63) is 65.1 Å². The number of amides is 1. The molecular formula is C16H12ClN3O. The monoisotopic (exact) mass is 297 g/mol. The van der Waals surface area contributed by atoms with Gasteiger partial charge in [0.15, 0.2) is 0 Å². The molecule has 4 nitrogen and oxygen atoms in total. The van der Waals surface area contributed by atoms with Crippen molar-refractivity contribution < 1.29 is 4.79 Å². The molecule has 0 bridgehead atoms. The van der Waals surface area contributed by atoms with Crippen LogP contribution in [0, 0.1) is 6.92 Å². The Balaban J connectivity index is 1.97. The lowest BCUT2D eigenvalue weighted by Crippen LogP contribution is -2.15. The Morgan fingerprint density at radius 1 is 1.19 bits per heavy atom. The number of hydrogen-bond acceptors (Lipinski definition) is 3. The molecule has 0 saturated heterocycles. The normalized spacial score (nSPS) is 10.6. The number of fused-ring (bicyclic) bond motifs is 1. The van der Waals surface area contributed by atoms with Gasteiger partial charge in [0, 0.05) is 11.6 Å². The van der Waals surface area contributed by atoms with Gasteiger partial charge < -0.3 is 5.32 Å². The van der Waals surface area contributed by atoms with E-state index in [1.165, 1.54) is 0 Å². The minimum Gasteiger partial charge on any atom is -0.305 e. The number of carbonyl (C=O) groups is 1. The number of rotatable bonds is 2. The van der Waals surface area contributed by atoms with Crippen molar-refractivity contribution in [3.8, 4) is 0 Å². The lowest BCUT2D eigenvalue weighted by Gasteiger charge is -2.08. The molecule has 21 heavy (non-hydrogen) atoms. The Morgan fingerprint density at radius 2 is 2.00 bits per heavy atom. The number of aromatic nitrogens is 2. The maximum absolute atomic E-state index is 12.3. The van der Waals surface area contributed by atoms with E-state index in [4.69, 9.17) is 11.6 Å². The molecule has 5 heteroatoms. The van der Waals surface area contributed by atoms with Gasteiger partial charge in [0.25, 0.3) is 5.91 Å². The van der Waals surface area contributed by atoms with Gasteiger partial charge in [-0.25, -0.2) is 9.97 Å². The number of anilines is 1. The maximum atomic E-state index is 12.3. The Hall–Kier alpha value is -2.46. The smallest absolute Gasteiger partial charge is 0.275 e. The summed E-state index contributed by atoms with van der Waals surface area (Å²) in [7, 11) is 0. The van der Waals surface area contributed by atoms with Gasteiger partial charge in [-0.15, -0.1) is 0 Å². The molecule has 0 aliphatic heterocycles. The predicted octanol–water partition coefficient (Wildman–Crippen LogP) is 3.84. The second kappa shape index (κ2) is 5.50. The summed E-state index contributed by atoms with van der Waals surface area (Å²) in [6.45, 7) is 1.88. The van der Waals surface area contributed by atoms with Gasteiger partial charge in [-0.2, -0.15) is 0 Å². The molecule has 104 valence electrons. The number of halogens is 1. The van der Waals surface area contributed by atoms with Gasteiger partial charge >= 0.3 is 0 Å². The highest BCUT2D eigenvalue weighted by molar-refractivity contribution is 6.34. The number of nitrogens with zero attached hydrogens (tertiary/aromatic N) is 2. The SMILES string of the molecule is Cc1cccnc1NC(=O)c1cc2ccccc2c(Cl)n1. The molecule has 0 atom stereocenters. The minimum absolute atomic E-state index is 0.267. The van der Waals surface area contributed by atoms with Crippen molar-refractivity contribution in [2.24, 2.45) is 0 Å². The molecule has 0 unspecified atom stereocenters. The van der Waals surface area contributed by atoms with Gasteiger partial charge in [-0.05, 0) is 30.0 Å². The van der Waals surface area contributed by atoms with Gasteiger partial charge in [0.2, 0.25) is 0 Å². The van der Waals surface area contributed by atoms with Crippen molar-refractivity contribution in [1.29, 1.82) is 0 Å². The van der Waals surface area contributed by atoms with E-state index in [0.29, 0.717) is 11.0 Å². The first-order valence-electron chi connectivity index (χ1n) is 6.43. The van der Waals surface area contributed by atoms with Crippen LogP contribution in [0.5, 0.6) is 0 Å². The Kier molecular flexibility index (Phi) is 3.54. The quantitative estimate of drug-likeness (QED) is 0.731. The van der Waals surface area contributed by atoms with Crippen LogP contribution in [0.15, 0.2) is 48.7 Å². The number of carbonyl (C=O) groups excluding carboxylic acids is 1. The standard InChI is InChI=1S/C16H12ClN3O/c1-10-5-4-8-18-15(10)20-16(21)13-9-11-6-2-3-7-12(11)14(17)19-13/h2-9H,1H3,(H,18,20,21). The lowest BCUT2D eigenvalue weighted by atomic mass is 10.1. The van der Waals surface area contributed by atoms with Crippen LogP contribution in [0.4, 0.5) is 5.82 Å². The molecule has 2 heterocycles. The maximum Gasteiger partial charge on any atom is 0.275 e. The first-order valence-corrected chi connectivity index (χ1v) is 6.81. The van der Waals surface area contributed by atoms with Crippen LogP contribution in [-0.4, -0.2) is 15.9 Å². The van der Waals surface area contributed by atoms with E-state index in [1.807, 2.05) is 43.3 Å². The Morgan fingerprint density at radius 3 is 2.81 bits per heavy atom. The van der Waals surface area contributed by atoms with Gasteiger partial charge in [0.1, 0.15) is 16.7 Å². The molecule has 2 aromatic heterocycles. The summed E-state index contributed by atoms with van der Waals surface area (Å²) in [6, 6.07) is 12.9. The van der Waals surface area contributed by atoms with Crippen molar-refractivity contribution in [1.82, 2.24) is 9.97 Å². The second-order valence-electron chi connectivity index (χ2n) is 4.64. The average Bonchev–Trinajstić information content (AvgIpc) is 2.49. The number of aryl methyl sites for hydroxylation is 1. The molecular weight excluding hydrogens is 286 g/mol. The fraction of sp³-hybridized carbons (Fsp3) is 0.0625. The number of hydrogen-bond donors (Lipinski definition) is 1. The van der Waals surface area contributed by atoms with Crippen molar-refractivity contribution in [3.63, 3.8) is 0 Å². The molecule has 0 radical (unpaired) electrons.